The zero-order valence-electron chi connectivity index (χ0n) is 49.3. The number of nitrogens with zero attached hydrogens (tertiary/aromatic N) is 1. The lowest BCUT2D eigenvalue weighted by molar-refractivity contribution is -0.870. The average Bonchev–Trinajstić information content (AvgIpc) is 3.37. The van der Waals surface area contributed by atoms with Crippen LogP contribution in [0.25, 0.3) is 0 Å². The standard InChI is InChI=1S/C65H116NO8P/c1-6-8-10-12-14-16-18-20-22-24-25-26-27-28-29-30-31-32-33-34-35-36-37-38-39-40-41-42-44-46-48-50-52-54-56-58-65(68)74-63(62-73-75(69,70)72-60-59-66(3,4)5)61-71-64(67)57-55-53-51-49-47-45-43-23-21-19-17-15-13-11-9-7-2/h8,10,14,16-17,19-20,22-23,25-26,28-29,43,63H,6-7,9,11-13,15,18,21,24,27,30-42,44-62H2,1-5H3/p+1/b10-8-,16-14-,19-17-,22-20-,26-25-,29-28-,43-23-. The van der Waals surface area contributed by atoms with Crippen LogP contribution in [0.1, 0.15) is 264 Å². The van der Waals surface area contributed by atoms with Crippen molar-refractivity contribution in [2.45, 2.75) is 270 Å². The number of hydrogen-bond acceptors (Lipinski definition) is 7. The number of carbonyl (C=O) groups excluding carboxylic acids is 2. The summed E-state index contributed by atoms with van der Waals surface area (Å²) in [5, 5.41) is 0. The quantitative estimate of drug-likeness (QED) is 0.0211. The fourth-order valence-electron chi connectivity index (χ4n) is 8.43. The zero-order chi connectivity index (χ0) is 54.9. The molecule has 0 aromatic heterocycles. The van der Waals surface area contributed by atoms with Crippen molar-refractivity contribution >= 4 is 19.8 Å². The molecule has 2 unspecified atom stereocenters. The lowest BCUT2D eigenvalue weighted by Gasteiger charge is -2.24. The first-order valence-corrected chi connectivity index (χ1v) is 32.3. The van der Waals surface area contributed by atoms with E-state index < -0.39 is 26.5 Å². The molecule has 0 aromatic rings. The molecule has 0 radical (unpaired) electrons. The molecular weight excluding hydrogens is 954 g/mol. The van der Waals surface area contributed by atoms with E-state index in [0.29, 0.717) is 17.4 Å². The second-order valence-electron chi connectivity index (χ2n) is 21.7. The highest BCUT2D eigenvalue weighted by Gasteiger charge is 2.27. The highest BCUT2D eigenvalue weighted by molar-refractivity contribution is 7.47. The molecule has 0 bridgehead atoms. The lowest BCUT2D eigenvalue weighted by Crippen LogP contribution is -2.37. The fraction of sp³-hybridized carbons (Fsp3) is 0.754. The Labute approximate surface area is 462 Å². The number of rotatable bonds is 56. The molecule has 0 spiro atoms. The van der Waals surface area contributed by atoms with Gasteiger partial charge in [-0.2, -0.15) is 0 Å². The van der Waals surface area contributed by atoms with E-state index in [1.807, 2.05) is 21.1 Å². The number of phosphoric ester groups is 1. The van der Waals surface area contributed by atoms with Gasteiger partial charge in [-0.3, -0.25) is 18.6 Å². The first-order chi connectivity index (χ1) is 36.5. The molecule has 75 heavy (non-hydrogen) atoms. The van der Waals surface area contributed by atoms with Gasteiger partial charge in [0.05, 0.1) is 27.7 Å². The van der Waals surface area contributed by atoms with E-state index in [0.717, 1.165) is 89.9 Å². The van der Waals surface area contributed by atoms with Crippen molar-refractivity contribution in [1.82, 2.24) is 0 Å². The van der Waals surface area contributed by atoms with Crippen molar-refractivity contribution in [3.05, 3.63) is 85.1 Å². The maximum atomic E-state index is 12.8. The summed E-state index contributed by atoms with van der Waals surface area (Å²) in [5.74, 6) is -0.808. The van der Waals surface area contributed by atoms with Crippen LogP contribution in [0.4, 0.5) is 0 Å². The molecule has 0 aliphatic carbocycles. The normalized spacial score (nSPS) is 13.8. The van der Waals surface area contributed by atoms with Gasteiger partial charge in [0.1, 0.15) is 19.8 Å². The monoisotopic (exact) mass is 1070 g/mol. The number of ether oxygens (including phenoxy) is 2. The Morgan fingerprint density at radius 2 is 0.760 bits per heavy atom. The van der Waals surface area contributed by atoms with Crippen molar-refractivity contribution in [3.8, 4) is 0 Å². The predicted octanol–water partition coefficient (Wildman–Crippen LogP) is 19.4. The van der Waals surface area contributed by atoms with Crippen LogP contribution in [0.3, 0.4) is 0 Å². The lowest BCUT2D eigenvalue weighted by atomic mass is 10.0. The topological polar surface area (TPSA) is 108 Å². The Bertz CT molecular complexity index is 1540. The van der Waals surface area contributed by atoms with Crippen LogP contribution in [-0.2, 0) is 32.7 Å². The third kappa shape index (κ3) is 60.3. The summed E-state index contributed by atoms with van der Waals surface area (Å²) < 4.78 is 34.6. The van der Waals surface area contributed by atoms with Gasteiger partial charge >= 0.3 is 19.8 Å². The Hall–Kier alpha value is -2.81. The van der Waals surface area contributed by atoms with Gasteiger partial charge in [0, 0.05) is 12.8 Å². The molecule has 2 atom stereocenters. The number of likely N-dealkylation sites (N-methyl/N-ethyl adjacent to an activating group) is 1. The number of carbonyl (C=O) groups is 2. The minimum atomic E-state index is -4.39. The summed E-state index contributed by atoms with van der Waals surface area (Å²) in [7, 11) is 1.47. The molecule has 0 heterocycles. The summed E-state index contributed by atoms with van der Waals surface area (Å²) in [5.41, 5.74) is 0. The third-order valence-corrected chi connectivity index (χ3v) is 14.1. The average molecular weight is 1070 g/mol. The number of allylic oxidation sites excluding steroid dienone is 14. The molecule has 1 N–H and O–H groups in total. The van der Waals surface area contributed by atoms with Crippen molar-refractivity contribution in [2.24, 2.45) is 0 Å². The third-order valence-electron chi connectivity index (χ3n) is 13.2. The fourth-order valence-corrected chi connectivity index (χ4v) is 9.17. The van der Waals surface area contributed by atoms with Crippen LogP contribution in [0, 0.1) is 0 Å². The number of quaternary nitrogens is 1. The molecule has 0 amide bonds. The van der Waals surface area contributed by atoms with E-state index in [4.69, 9.17) is 18.5 Å². The van der Waals surface area contributed by atoms with Gasteiger partial charge in [-0.15, -0.1) is 0 Å². The molecule has 0 aliphatic heterocycles. The zero-order valence-corrected chi connectivity index (χ0v) is 50.2. The van der Waals surface area contributed by atoms with Crippen LogP contribution < -0.4 is 0 Å². The van der Waals surface area contributed by atoms with Crippen LogP contribution >= 0.6 is 7.82 Å². The van der Waals surface area contributed by atoms with Crippen molar-refractivity contribution < 1.29 is 42.1 Å². The van der Waals surface area contributed by atoms with Gasteiger partial charge in [-0.1, -0.05) is 247 Å². The smallest absolute Gasteiger partial charge is 0.462 e. The van der Waals surface area contributed by atoms with Crippen LogP contribution in [0.5, 0.6) is 0 Å². The second kappa shape index (κ2) is 55.9. The molecule has 0 aliphatic rings. The number of unbranched alkanes of at least 4 members (excludes halogenated alkanes) is 28. The summed E-state index contributed by atoms with van der Waals surface area (Å²) in [4.78, 5) is 35.7. The number of phosphoric acid groups is 1. The van der Waals surface area contributed by atoms with E-state index in [1.54, 1.807) is 0 Å². The summed E-state index contributed by atoms with van der Waals surface area (Å²) in [6, 6.07) is 0. The SMILES string of the molecule is CC/C=C\C/C=C\C/C=C\C/C=C\C/C=C\CCCCCCCCCCCCCCCCCCCCCC(=O)OC(COC(=O)CCCCCCC/C=C\C/C=C\CCCCCC)COP(=O)(O)OCC[N+](C)(C)C. The molecule has 0 rings (SSSR count). The van der Waals surface area contributed by atoms with Crippen molar-refractivity contribution in [3.63, 3.8) is 0 Å². The molecule has 0 saturated carbocycles. The Balaban J connectivity index is 4.03. The number of esters is 2. The maximum Gasteiger partial charge on any atom is 0.472 e. The predicted molar refractivity (Wildman–Crippen MR) is 321 cm³/mol. The maximum absolute atomic E-state index is 12.8. The van der Waals surface area contributed by atoms with Gasteiger partial charge in [0.2, 0.25) is 0 Å². The van der Waals surface area contributed by atoms with Gasteiger partial charge in [0.25, 0.3) is 0 Å². The highest BCUT2D eigenvalue weighted by atomic mass is 31.2. The Morgan fingerprint density at radius 1 is 0.427 bits per heavy atom. The molecule has 0 saturated heterocycles. The minimum absolute atomic E-state index is 0.0279. The first kappa shape index (κ1) is 72.2. The van der Waals surface area contributed by atoms with Crippen LogP contribution in [0.15, 0.2) is 85.1 Å². The number of hydrogen-bond donors (Lipinski definition) is 1. The molecule has 0 aromatic carbocycles. The first-order valence-electron chi connectivity index (χ1n) is 30.8. The molecule has 9 nitrogen and oxygen atoms in total. The van der Waals surface area contributed by atoms with Crippen molar-refractivity contribution in [1.29, 1.82) is 0 Å². The van der Waals surface area contributed by atoms with Gasteiger partial charge in [-0.05, 0) is 89.9 Å². The Morgan fingerprint density at radius 3 is 1.13 bits per heavy atom. The molecule has 10 heteroatoms. The van der Waals surface area contributed by atoms with E-state index in [2.05, 4.69) is 98.9 Å². The highest BCUT2D eigenvalue weighted by Crippen LogP contribution is 2.43. The van der Waals surface area contributed by atoms with Crippen LogP contribution in [-0.4, -0.2) is 74.9 Å². The largest absolute Gasteiger partial charge is 0.472 e. The molecule has 434 valence electrons. The van der Waals surface area contributed by atoms with E-state index >= 15 is 0 Å². The molecular formula is C65H117NO8P+. The van der Waals surface area contributed by atoms with Gasteiger partial charge in [0.15, 0.2) is 6.10 Å². The summed E-state index contributed by atoms with van der Waals surface area (Å²) in [6.45, 7) is 4.30. The van der Waals surface area contributed by atoms with E-state index in [9.17, 15) is 19.0 Å². The van der Waals surface area contributed by atoms with Crippen molar-refractivity contribution in [2.75, 3.05) is 47.5 Å². The molecule has 0 fully saturated rings. The van der Waals surface area contributed by atoms with Crippen LogP contribution in [0.2, 0.25) is 0 Å². The van der Waals surface area contributed by atoms with Gasteiger partial charge in [-0.25, -0.2) is 4.57 Å². The van der Waals surface area contributed by atoms with E-state index in [1.165, 1.54) is 141 Å². The van der Waals surface area contributed by atoms with E-state index in [-0.39, 0.29) is 32.0 Å². The Kier molecular flexibility index (Phi) is 53.8. The second-order valence-corrected chi connectivity index (χ2v) is 23.2. The van der Waals surface area contributed by atoms with Gasteiger partial charge < -0.3 is 18.9 Å². The minimum Gasteiger partial charge on any atom is -0.462 e. The summed E-state index contributed by atoms with van der Waals surface area (Å²) in [6.07, 6.45) is 75.3. The summed E-state index contributed by atoms with van der Waals surface area (Å²) >= 11 is 0.